The van der Waals surface area contributed by atoms with E-state index in [4.69, 9.17) is 4.74 Å². The summed E-state index contributed by atoms with van der Waals surface area (Å²) in [6.45, 7) is 8.73. The van der Waals surface area contributed by atoms with Crippen LogP contribution in [0.2, 0.25) is 0 Å². The number of aliphatic carboxylic acids is 1. The fraction of sp³-hybridized carbons (Fsp3) is 0.529. The lowest BCUT2D eigenvalue weighted by atomic mass is 9.77. The molecule has 0 aliphatic heterocycles. The molecule has 1 aromatic rings. The van der Waals surface area contributed by atoms with Gasteiger partial charge in [-0.05, 0) is 26.3 Å². The molecular formula is C17H24NO4-. The number of benzene rings is 1. The van der Waals surface area contributed by atoms with Crippen LogP contribution in [-0.2, 0) is 14.9 Å². The first-order valence-corrected chi connectivity index (χ1v) is 7.19. The van der Waals surface area contributed by atoms with Crippen molar-refractivity contribution in [2.45, 2.75) is 51.7 Å². The summed E-state index contributed by atoms with van der Waals surface area (Å²) in [5.74, 6) is -1.32. The minimum atomic E-state index is -1.32. The maximum atomic E-state index is 12.2. The van der Waals surface area contributed by atoms with Gasteiger partial charge in [-0.1, -0.05) is 44.2 Å². The first-order valence-electron chi connectivity index (χ1n) is 7.19. The SMILES string of the molecule is CN(C(=O)OC(C)(C)C)C(C(=O)[O-])C(C)(C)c1ccccc1. The standard InChI is InChI=1S/C17H25NO4/c1-16(2,3)22-15(21)18(6)13(14(19)20)17(4,5)12-10-8-7-9-11-12/h7-11,13H,1-6H3,(H,19,20)/p-1. The van der Waals surface area contributed by atoms with Gasteiger partial charge in [0.2, 0.25) is 0 Å². The molecule has 0 spiro atoms. The second kappa shape index (κ2) is 6.38. The third kappa shape index (κ3) is 4.23. The highest BCUT2D eigenvalue weighted by Gasteiger charge is 2.38. The van der Waals surface area contributed by atoms with E-state index in [9.17, 15) is 14.7 Å². The van der Waals surface area contributed by atoms with Crippen molar-refractivity contribution in [2.75, 3.05) is 7.05 Å². The molecule has 0 heterocycles. The zero-order valence-corrected chi connectivity index (χ0v) is 14.0. The summed E-state index contributed by atoms with van der Waals surface area (Å²) in [4.78, 5) is 25.0. The Morgan fingerprint density at radius 2 is 1.59 bits per heavy atom. The van der Waals surface area contributed by atoms with Crippen molar-refractivity contribution < 1.29 is 19.4 Å². The molecule has 5 nitrogen and oxygen atoms in total. The third-order valence-corrected chi connectivity index (χ3v) is 3.49. The van der Waals surface area contributed by atoms with Gasteiger partial charge in [-0.2, -0.15) is 0 Å². The van der Waals surface area contributed by atoms with E-state index in [0.717, 1.165) is 10.5 Å². The second-order valence-corrected chi connectivity index (χ2v) is 6.90. The topological polar surface area (TPSA) is 69.7 Å². The van der Waals surface area contributed by atoms with Crippen molar-refractivity contribution in [1.82, 2.24) is 4.90 Å². The number of hydrogen-bond acceptors (Lipinski definition) is 4. The summed E-state index contributed by atoms with van der Waals surface area (Å²) in [7, 11) is 1.42. The lowest BCUT2D eigenvalue weighted by molar-refractivity contribution is -0.312. The van der Waals surface area contributed by atoms with Gasteiger partial charge in [0.05, 0.1) is 12.0 Å². The van der Waals surface area contributed by atoms with Crippen LogP contribution < -0.4 is 5.11 Å². The average molecular weight is 306 g/mol. The summed E-state index contributed by atoms with van der Waals surface area (Å²) in [6, 6.07) is 8.03. The van der Waals surface area contributed by atoms with Gasteiger partial charge in [-0.25, -0.2) is 4.79 Å². The Balaban J connectivity index is 3.13. The normalized spacial score (nSPS) is 13.4. The first kappa shape index (κ1) is 18.0. The van der Waals surface area contributed by atoms with Gasteiger partial charge >= 0.3 is 6.09 Å². The Morgan fingerprint density at radius 3 is 2.00 bits per heavy atom. The molecule has 0 bridgehead atoms. The summed E-state index contributed by atoms with van der Waals surface area (Å²) < 4.78 is 5.26. The number of likely N-dealkylation sites (N-methyl/N-ethyl adjacent to an activating group) is 1. The second-order valence-electron chi connectivity index (χ2n) is 6.90. The quantitative estimate of drug-likeness (QED) is 0.852. The molecule has 1 rings (SSSR count). The van der Waals surface area contributed by atoms with Crippen LogP contribution in [0.15, 0.2) is 30.3 Å². The van der Waals surface area contributed by atoms with Crippen LogP contribution in [0, 0.1) is 0 Å². The van der Waals surface area contributed by atoms with Gasteiger partial charge in [-0.15, -0.1) is 0 Å². The fourth-order valence-corrected chi connectivity index (χ4v) is 2.40. The van der Waals surface area contributed by atoms with Crippen molar-refractivity contribution in [3.05, 3.63) is 35.9 Å². The molecule has 1 unspecified atom stereocenters. The Morgan fingerprint density at radius 1 is 1.09 bits per heavy atom. The minimum absolute atomic E-state index is 0.689. The maximum absolute atomic E-state index is 12.2. The van der Waals surface area contributed by atoms with Crippen LogP contribution in [0.5, 0.6) is 0 Å². The zero-order valence-electron chi connectivity index (χ0n) is 14.0. The molecule has 5 heteroatoms. The Hall–Kier alpha value is -2.04. The number of amides is 1. The predicted octanol–water partition coefficient (Wildman–Crippen LogP) is 1.95. The molecule has 0 saturated heterocycles. The average Bonchev–Trinajstić information content (AvgIpc) is 2.37. The van der Waals surface area contributed by atoms with Crippen LogP contribution in [-0.4, -0.2) is 35.7 Å². The van der Waals surface area contributed by atoms with Gasteiger partial charge < -0.3 is 19.5 Å². The van der Waals surface area contributed by atoms with Crippen LogP contribution in [0.1, 0.15) is 40.2 Å². The number of nitrogens with zero attached hydrogens (tertiary/aromatic N) is 1. The molecule has 0 radical (unpaired) electrons. The van der Waals surface area contributed by atoms with E-state index in [2.05, 4.69) is 0 Å². The molecule has 0 aliphatic carbocycles. The molecule has 1 amide bonds. The molecule has 0 N–H and O–H groups in total. The summed E-state index contributed by atoms with van der Waals surface area (Å²) in [6.07, 6.45) is -0.689. The van der Waals surface area contributed by atoms with Gasteiger partial charge in [0.1, 0.15) is 5.60 Å². The Bertz CT molecular complexity index is 531. The van der Waals surface area contributed by atoms with E-state index in [0.29, 0.717) is 0 Å². The highest BCUT2D eigenvalue weighted by molar-refractivity contribution is 5.80. The number of carbonyl (C=O) groups is 2. The van der Waals surface area contributed by atoms with Crippen molar-refractivity contribution >= 4 is 12.1 Å². The van der Waals surface area contributed by atoms with Crippen molar-refractivity contribution in [1.29, 1.82) is 0 Å². The molecular weight excluding hydrogens is 282 g/mol. The van der Waals surface area contributed by atoms with Crippen molar-refractivity contribution in [3.63, 3.8) is 0 Å². The third-order valence-electron chi connectivity index (χ3n) is 3.49. The smallest absolute Gasteiger partial charge is 0.410 e. The molecule has 1 atom stereocenters. The summed E-state index contributed by atoms with van der Waals surface area (Å²) in [5, 5.41) is 11.7. The summed E-state index contributed by atoms with van der Waals surface area (Å²) >= 11 is 0. The van der Waals surface area contributed by atoms with Crippen LogP contribution in [0.4, 0.5) is 4.79 Å². The predicted molar refractivity (Wildman–Crippen MR) is 82.3 cm³/mol. The number of carboxylic acids is 1. The highest BCUT2D eigenvalue weighted by Crippen LogP contribution is 2.30. The monoisotopic (exact) mass is 306 g/mol. The van der Waals surface area contributed by atoms with Crippen molar-refractivity contribution in [2.24, 2.45) is 0 Å². The number of carboxylic acid groups (broad SMARTS) is 1. The maximum Gasteiger partial charge on any atom is 0.410 e. The van der Waals surface area contributed by atoms with Crippen molar-refractivity contribution in [3.8, 4) is 0 Å². The van der Waals surface area contributed by atoms with Crippen LogP contribution >= 0.6 is 0 Å². The minimum Gasteiger partial charge on any atom is -0.548 e. The largest absolute Gasteiger partial charge is 0.548 e. The van der Waals surface area contributed by atoms with Crippen LogP contribution in [0.25, 0.3) is 0 Å². The molecule has 0 aliphatic rings. The first-order chi connectivity index (χ1) is 9.97. The fourth-order valence-electron chi connectivity index (χ4n) is 2.40. The van der Waals surface area contributed by atoms with Gasteiger partial charge in [0.15, 0.2) is 0 Å². The Kier molecular flexibility index (Phi) is 5.22. The molecule has 1 aromatic carbocycles. The van der Waals surface area contributed by atoms with Gasteiger partial charge in [-0.3, -0.25) is 0 Å². The Labute approximate surface area is 131 Å². The number of hydrogen-bond donors (Lipinski definition) is 0. The van der Waals surface area contributed by atoms with E-state index in [1.807, 2.05) is 30.3 Å². The molecule has 122 valence electrons. The highest BCUT2D eigenvalue weighted by atomic mass is 16.6. The lowest BCUT2D eigenvalue weighted by Gasteiger charge is -2.41. The van der Waals surface area contributed by atoms with E-state index in [1.54, 1.807) is 34.6 Å². The number of rotatable bonds is 4. The summed E-state index contributed by atoms with van der Waals surface area (Å²) in [5.41, 5.74) is -0.718. The molecule has 22 heavy (non-hydrogen) atoms. The van der Waals surface area contributed by atoms with E-state index in [1.165, 1.54) is 7.05 Å². The number of carbonyl (C=O) groups excluding carboxylic acids is 2. The van der Waals surface area contributed by atoms with E-state index < -0.39 is 29.1 Å². The molecule has 0 aromatic heterocycles. The molecule has 0 fully saturated rings. The zero-order chi connectivity index (χ0) is 17.1. The number of ether oxygens (including phenoxy) is 1. The van der Waals surface area contributed by atoms with E-state index >= 15 is 0 Å². The van der Waals surface area contributed by atoms with Gasteiger partial charge in [0.25, 0.3) is 0 Å². The van der Waals surface area contributed by atoms with Gasteiger partial charge in [0, 0.05) is 12.5 Å². The van der Waals surface area contributed by atoms with Crippen LogP contribution in [0.3, 0.4) is 0 Å². The molecule has 0 saturated carbocycles. The van der Waals surface area contributed by atoms with E-state index in [-0.39, 0.29) is 0 Å². The lowest BCUT2D eigenvalue weighted by Crippen LogP contribution is -2.58.